The topological polar surface area (TPSA) is 193 Å². The number of rotatable bonds is 19. The predicted octanol–water partition coefficient (Wildman–Crippen LogP) is 7.31. The maximum absolute atomic E-state index is 14.0. The Kier molecular flexibility index (Phi) is 15.4. The van der Waals surface area contributed by atoms with Crippen molar-refractivity contribution >= 4 is 23.5 Å². The van der Waals surface area contributed by atoms with E-state index in [0.29, 0.717) is 60.9 Å². The summed E-state index contributed by atoms with van der Waals surface area (Å²) in [5.74, 6) is 0.832. The molecule has 0 spiro atoms. The summed E-state index contributed by atoms with van der Waals surface area (Å²) < 4.78 is 23.5. The van der Waals surface area contributed by atoms with Crippen molar-refractivity contribution < 1.29 is 42.9 Å². The third-order valence-corrected chi connectivity index (χ3v) is 13.0. The lowest BCUT2D eigenvalue weighted by Gasteiger charge is -2.63. The van der Waals surface area contributed by atoms with Crippen LogP contribution in [-0.4, -0.2) is 95.2 Å². The molecule has 66 heavy (non-hydrogen) atoms. The highest BCUT2D eigenvalue weighted by molar-refractivity contribution is 5.95. The van der Waals surface area contributed by atoms with Gasteiger partial charge in [-0.3, -0.25) is 19.2 Å². The van der Waals surface area contributed by atoms with Crippen molar-refractivity contribution in [3.63, 3.8) is 0 Å². The Hall–Kier alpha value is -6.04. The molecule has 0 radical (unpaired) electrons. The van der Waals surface area contributed by atoms with E-state index in [9.17, 15) is 29.5 Å². The monoisotopic (exact) mass is 903 g/mol. The number of aromatic nitrogens is 1. The molecule has 14 heteroatoms. The summed E-state index contributed by atoms with van der Waals surface area (Å²) in [6.45, 7) is 18.1. The first-order valence-corrected chi connectivity index (χ1v) is 22.8. The highest BCUT2D eigenvalue weighted by Gasteiger charge is 2.64. The fourth-order valence-corrected chi connectivity index (χ4v) is 9.56. The van der Waals surface area contributed by atoms with Crippen molar-refractivity contribution in [3.8, 4) is 28.9 Å². The predicted molar refractivity (Wildman–Crippen MR) is 249 cm³/mol. The molecule has 2 aliphatic rings. The van der Waals surface area contributed by atoms with Crippen molar-refractivity contribution in [2.75, 3.05) is 26.4 Å². The number of hydrogen-bond acceptors (Lipinski definition) is 11. The fraction of sp³-hybridized carbons (Fsp3) is 0.500. The van der Waals surface area contributed by atoms with Gasteiger partial charge in [0.1, 0.15) is 30.3 Å². The molecule has 2 fully saturated rings. The quantitative estimate of drug-likeness (QED) is 0.0799. The summed E-state index contributed by atoms with van der Waals surface area (Å²) in [5, 5.41) is 25.9. The molecule has 1 saturated heterocycles. The number of oxazole rings is 1. The first-order valence-electron chi connectivity index (χ1n) is 22.8. The SMILES string of the molecule is Cc1cc(OC2C(C)(C)C(NC(=O)c3ccc(OCCCCOCC(=O)N[C@H](C(=O)N4C[C@H](O)C[C@H]4C(=O)CCc4ccc(-c5ocnc5C)cc4)C(C)(C)C)cc3)C2(C)C)ccc1C#N. The van der Waals surface area contributed by atoms with Crippen LogP contribution in [-0.2, 0) is 25.5 Å². The van der Waals surface area contributed by atoms with Crippen molar-refractivity contribution in [2.24, 2.45) is 16.2 Å². The van der Waals surface area contributed by atoms with Crippen LogP contribution in [0.5, 0.6) is 11.5 Å². The Morgan fingerprint density at radius 3 is 2.24 bits per heavy atom. The number of aryl methyl sites for hydroxylation is 3. The Balaban J connectivity index is 0.896. The maximum Gasteiger partial charge on any atom is 0.251 e. The summed E-state index contributed by atoms with van der Waals surface area (Å²) in [7, 11) is 0. The number of carbonyl (C=O) groups is 4. The molecule has 14 nitrogen and oxygen atoms in total. The van der Waals surface area contributed by atoms with Gasteiger partial charge in [0.05, 0.1) is 36.1 Å². The lowest BCUT2D eigenvalue weighted by Crippen LogP contribution is -2.74. The number of nitriles is 1. The zero-order chi connectivity index (χ0) is 48.0. The van der Waals surface area contributed by atoms with Gasteiger partial charge in [0.2, 0.25) is 11.8 Å². The summed E-state index contributed by atoms with van der Waals surface area (Å²) in [6, 6.07) is 20.5. The van der Waals surface area contributed by atoms with E-state index in [1.54, 1.807) is 30.3 Å². The van der Waals surface area contributed by atoms with Crippen LogP contribution in [0.1, 0.15) is 107 Å². The van der Waals surface area contributed by atoms with Gasteiger partial charge >= 0.3 is 0 Å². The molecule has 3 N–H and O–H groups in total. The molecule has 4 aromatic rings. The number of nitrogens with zero attached hydrogens (tertiary/aromatic N) is 3. The molecule has 0 unspecified atom stereocenters. The first kappa shape index (κ1) is 49.4. The zero-order valence-corrected chi connectivity index (χ0v) is 39.7. The number of Topliss-reactive ketones (excluding diaryl/α,β-unsaturated/α-hetero) is 1. The van der Waals surface area contributed by atoms with Gasteiger partial charge in [-0.2, -0.15) is 5.26 Å². The van der Waals surface area contributed by atoms with Crippen molar-refractivity contribution in [2.45, 2.75) is 125 Å². The van der Waals surface area contributed by atoms with Crippen LogP contribution in [0, 0.1) is 41.4 Å². The summed E-state index contributed by atoms with van der Waals surface area (Å²) in [4.78, 5) is 59.5. The number of likely N-dealkylation sites (tertiary alicyclic amines) is 1. The fourth-order valence-electron chi connectivity index (χ4n) is 9.56. The number of ether oxygens (including phenoxy) is 3. The molecule has 1 saturated carbocycles. The van der Waals surface area contributed by atoms with Crippen LogP contribution in [0.4, 0.5) is 0 Å². The number of hydrogen-bond donors (Lipinski definition) is 3. The standard InChI is InChI=1S/C52H65N5O9/c1-32-26-40(22-19-37(32)28-53)66-49-51(6,7)48(52(49,8)9)56-46(61)36-17-20-39(21-18-36)64-25-11-10-24-63-30-43(60)55-45(50(3,4)5)47(62)57-29-38(58)27-41(57)42(59)23-14-34-12-15-35(16-13-34)44-33(2)54-31-65-44/h12-13,15-22,26,31,38,41,45,48-49,58H,10-11,14,23-25,27,29-30H2,1-9H3,(H,55,60)(H,56,61)/t38-,41+,45-,48?,49?/m1/s1. The van der Waals surface area contributed by atoms with Gasteiger partial charge in [0, 0.05) is 54.0 Å². The van der Waals surface area contributed by atoms with E-state index in [4.69, 9.17) is 18.6 Å². The second-order valence-corrected chi connectivity index (χ2v) is 20.0. The Morgan fingerprint density at radius 2 is 1.62 bits per heavy atom. The molecule has 3 aromatic carbocycles. The van der Waals surface area contributed by atoms with Gasteiger partial charge in [-0.25, -0.2) is 4.98 Å². The molecule has 0 bridgehead atoms. The lowest BCUT2D eigenvalue weighted by molar-refractivity contribution is -0.164. The molecule has 1 aromatic heterocycles. The van der Waals surface area contributed by atoms with Gasteiger partial charge in [-0.05, 0) is 92.1 Å². The minimum atomic E-state index is -0.943. The van der Waals surface area contributed by atoms with Crippen molar-refractivity contribution in [3.05, 3.63) is 101 Å². The van der Waals surface area contributed by atoms with E-state index in [1.165, 1.54) is 11.3 Å². The first-order chi connectivity index (χ1) is 31.2. The molecular weight excluding hydrogens is 839 g/mol. The van der Waals surface area contributed by atoms with E-state index in [1.807, 2.05) is 71.0 Å². The van der Waals surface area contributed by atoms with Gasteiger partial charge in [-0.1, -0.05) is 72.7 Å². The van der Waals surface area contributed by atoms with E-state index >= 15 is 0 Å². The van der Waals surface area contributed by atoms with Gasteiger partial charge < -0.3 is 39.3 Å². The van der Waals surface area contributed by atoms with Gasteiger partial charge in [0.25, 0.3) is 5.91 Å². The third kappa shape index (κ3) is 11.5. The van der Waals surface area contributed by atoms with Crippen molar-refractivity contribution in [1.29, 1.82) is 5.26 Å². The second-order valence-electron chi connectivity index (χ2n) is 20.0. The molecule has 2 heterocycles. The highest BCUT2D eigenvalue weighted by Crippen LogP contribution is 2.55. The summed E-state index contributed by atoms with van der Waals surface area (Å²) in [6.07, 6.45) is 2.49. The van der Waals surface area contributed by atoms with E-state index in [0.717, 1.165) is 22.4 Å². The number of β-amino-alcohol motifs (C(OH)–C–C–N with tert-alkyl or cyclic N) is 1. The average molecular weight is 904 g/mol. The molecule has 6 rings (SSSR count). The number of carbonyl (C=O) groups excluding carboxylic acids is 4. The largest absolute Gasteiger partial charge is 0.494 e. The third-order valence-electron chi connectivity index (χ3n) is 13.0. The van der Waals surface area contributed by atoms with Crippen LogP contribution in [0.25, 0.3) is 11.3 Å². The summed E-state index contributed by atoms with van der Waals surface area (Å²) >= 11 is 0. The van der Waals surface area contributed by atoms with Gasteiger partial charge in [-0.15, -0.1) is 0 Å². The second kappa shape index (κ2) is 20.6. The number of aliphatic hydroxyl groups is 1. The van der Waals surface area contributed by atoms with Crippen LogP contribution < -0.4 is 20.1 Å². The molecule has 352 valence electrons. The number of ketones is 1. The Labute approximate surface area is 388 Å². The van der Waals surface area contributed by atoms with Crippen LogP contribution >= 0.6 is 0 Å². The zero-order valence-electron chi connectivity index (χ0n) is 39.7. The Bertz CT molecular complexity index is 2380. The summed E-state index contributed by atoms with van der Waals surface area (Å²) in [5.41, 5.74) is 3.23. The average Bonchev–Trinajstić information content (AvgIpc) is 3.89. The van der Waals surface area contributed by atoms with Crippen LogP contribution in [0.15, 0.2) is 77.5 Å². The maximum atomic E-state index is 14.0. The van der Waals surface area contributed by atoms with Gasteiger partial charge in [0.15, 0.2) is 17.9 Å². The minimum Gasteiger partial charge on any atom is -0.494 e. The number of nitrogens with one attached hydrogen (secondary N) is 2. The number of aliphatic hydroxyl groups excluding tert-OH is 1. The number of unbranched alkanes of at least 4 members (excludes halogenated alkanes) is 1. The number of amides is 3. The number of benzene rings is 3. The molecule has 3 atom stereocenters. The smallest absolute Gasteiger partial charge is 0.251 e. The Morgan fingerprint density at radius 1 is 0.955 bits per heavy atom. The minimum absolute atomic E-state index is 0.0123. The molecule has 1 aliphatic carbocycles. The molecule has 3 amide bonds. The van der Waals surface area contributed by atoms with E-state index < -0.39 is 35.4 Å². The highest BCUT2D eigenvalue weighted by atomic mass is 16.5. The molecular formula is C52H65N5O9. The van der Waals surface area contributed by atoms with Crippen molar-refractivity contribution in [1.82, 2.24) is 20.5 Å². The normalized spacial score (nSPS) is 20.1. The van der Waals surface area contributed by atoms with Crippen LogP contribution in [0.2, 0.25) is 0 Å². The lowest BCUT2D eigenvalue weighted by atomic mass is 9.49. The van der Waals surface area contributed by atoms with E-state index in [2.05, 4.69) is 49.4 Å². The van der Waals surface area contributed by atoms with Crippen LogP contribution in [0.3, 0.4) is 0 Å². The molecule has 1 aliphatic heterocycles. The van der Waals surface area contributed by atoms with E-state index in [-0.39, 0.29) is 60.7 Å².